The van der Waals surface area contributed by atoms with E-state index < -0.39 is 6.04 Å². The van der Waals surface area contributed by atoms with Gasteiger partial charge in [-0.3, -0.25) is 0 Å². The molecule has 0 saturated heterocycles. The standard InChI is InChI=1S/C17H17ClN2O/c1-10-4-6-11(7-5-10)15(19)13-9-14(18)12-3-2-8-20-16(12)17(13)21/h2-7,9,15,20-21H,8,19H2,1H3. The lowest BCUT2D eigenvalue weighted by Gasteiger charge is -2.21. The van der Waals surface area contributed by atoms with E-state index in [9.17, 15) is 5.11 Å². The van der Waals surface area contributed by atoms with Crippen molar-refractivity contribution in [2.24, 2.45) is 5.73 Å². The molecular formula is C17H17ClN2O. The zero-order valence-corrected chi connectivity index (χ0v) is 12.5. The van der Waals surface area contributed by atoms with Crippen LogP contribution in [0.3, 0.4) is 0 Å². The fraction of sp³-hybridized carbons (Fsp3) is 0.176. The van der Waals surface area contributed by atoms with Gasteiger partial charge in [0.1, 0.15) is 5.75 Å². The molecule has 3 rings (SSSR count). The van der Waals surface area contributed by atoms with E-state index in [1.165, 1.54) is 5.56 Å². The molecule has 21 heavy (non-hydrogen) atoms. The molecule has 0 aromatic heterocycles. The van der Waals surface area contributed by atoms with Crippen molar-refractivity contribution in [3.8, 4) is 5.75 Å². The van der Waals surface area contributed by atoms with Crippen molar-refractivity contribution >= 4 is 23.4 Å². The minimum atomic E-state index is -0.416. The summed E-state index contributed by atoms with van der Waals surface area (Å²) in [6.07, 6.45) is 3.88. The van der Waals surface area contributed by atoms with Crippen molar-refractivity contribution in [2.75, 3.05) is 11.9 Å². The molecule has 4 heteroatoms. The van der Waals surface area contributed by atoms with E-state index in [0.29, 0.717) is 22.8 Å². The Balaban J connectivity index is 2.08. The van der Waals surface area contributed by atoms with Crippen LogP contribution in [-0.2, 0) is 0 Å². The lowest BCUT2D eigenvalue weighted by molar-refractivity contribution is 0.467. The molecule has 1 aliphatic rings. The topological polar surface area (TPSA) is 58.3 Å². The van der Waals surface area contributed by atoms with Gasteiger partial charge in [0.2, 0.25) is 0 Å². The van der Waals surface area contributed by atoms with Gasteiger partial charge in [0, 0.05) is 17.7 Å². The van der Waals surface area contributed by atoms with Gasteiger partial charge in [0.15, 0.2) is 0 Å². The third-order valence-electron chi connectivity index (χ3n) is 3.77. The molecule has 0 spiro atoms. The Morgan fingerprint density at radius 3 is 2.71 bits per heavy atom. The van der Waals surface area contributed by atoms with Gasteiger partial charge in [-0.1, -0.05) is 53.6 Å². The van der Waals surface area contributed by atoms with Crippen LogP contribution in [0.1, 0.15) is 28.3 Å². The molecule has 0 saturated carbocycles. The molecule has 108 valence electrons. The summed E-state index contributed by atoms with van der Waals surface area (Å²) in [5.74, 6) is 0.173. The predicted octanol–water partition coefficient (Wildman–Crippen LogP) is 3.84. The summed E-state index contributed by atoms with van der Waals surface area (Å²) >= 11 is 6.32. The van der Waals surface area contributed by atoms with E-state index in [0.717, 1.165) is 11.1 Å². The molecule has 1 heterocycles. The molecular weight excluding hydrogens is 284 g/mol. The van der Waals surface area contributed by atoms with Gasteiger partial charge >= 0.3 is 0 Å². The third-order valence-corrected chi connectivity index (χ3v) is 4.08. The molecule has 2 aromatic rings. The molecule has 2 aromatic carbocycles. The summed E-state index contributed by atoms with van der Waals surface area (Å²) in [6, 6.07) is 9.29. The molecule has 4 N–H and O–H groups in total. The van der Waals surface area contributed by atoms with Crippen LogP contribution in [0.2, 0.25) is 5.02 Å². The average Bonchev–Trinajstić information content (AvgIpc) is 2.51. The number of halogens is 1. The Labute approximate surface area is 129 Å². The van der Waals surface area contributed by atoms with Gasteiger partial charge in [0.05, 0.1) is 16.8 Å². The third kappa shape index (κ3) is 2.50. The Bertz CT molecular complexity index is 708. The van der Waals surface area contributed by atoms with Gasteiger partial charge in [0.25, 0.3) is 0 Å². The Morgan fingerprint density at radius 2 is 2.00 bits per heavy atom. The summed E-state index contributed by atoms with van der Waals surface area (Å²) in [6.45, 7) is 2.69. The number of hydrogen-bond donors (Lipinski definition) is 3. The molecule has 1 atom stereocenters. The lowest BCUT2D eigenvalue weighted by Crippen LogP contribution is -2.14. The quantitative estimate of drug-likeness (QED) is 0.739. The largest absolute Gasteiger partial charge is 0.505 e. The van der Waals surface area contributed by atoms with Crippen LogP contribution in [0.4, 0.5) is 5.69 Å². The highest BCUT2D eigenvalue weighted by molar-refractivity contribution is 6.33. The highest BCUT2D eigenvalue weighted by atomic mass is 35.5. The van der Waals surface area contributed by atoms with E-state index >= 15 is 0 Å². The number of aryl methyl sites for hydroxylation is 1. The Morgan fingerprint density at radius 1 is 1.29 bits per heavy atom. The predicted molar refractivity (Wildman–Crippen MR) is 87.8 cm³/mol. The second kappa shape index (κ2) is 5.43. The highest BCUT2D eigenvalue weighted by Crippen LogP contribution is 2.42. The summed E-state index contributed by atoms with van der Waals surface area (Å²) in [5, 5.41) is 14.2. The summed E-state index contributed by atoms with van der Waals surface area (Å²) < 4.78 is 0. The fourth-order valence-corrected chi connectivity index (χ4v) is 2.82. The average molecular weight is 301 g/mol. The highest BCUT2D eigenvalue weighted by Gasteiger charge is 2.21. The van der Waals surface area contributed by atoms with Gasteiger partial charge in [-0.2, -0.15) is 0 Å². The van der Waals surface area contributed by atoms with Crippen molar-refractivity contribution in [3.63, 3.8) is 0 Å². The van der Waals surface area contributed by atoms with Crippen LogP contribution in [0.5, 0.6) is 5.75 Å². The van der Waals surface area contributed by atoms with E-state index in [2.05, 4.69) is 5.32 Å². The number of fused-ring (bicyclic) bond motifs is 1. The molecule has 0 aliphatic carbocycles. The number of hydrogen-bond acceptors (Lipinski definition) is 3. The van der Waals surface area contributed by atoms with Crippen molar-refractivity contribution < 1.29 is 5.11 Å². The van der Waals surface area contributed by atoms with Crippen molar-refractivity contribution in [1.29, 1.82) is 0 Å². The van der Waals surface area contributed by atoms with Crippen LogP contribution in [0.15, 0.2) is 36.4 Å². The number of phenols is 1. The normalized spacial score (nSPS) is 14.4. The van der Waals surface area contributed by atoms with Crippen molar-refractivity contribution in [1.82, 2.24) is 0 Å². The second-order valence-corrected chi connectivity index (χ2v) is 5.66. The van der Waals surface area contributed by atoms with Gasteiger partial charge in [-0.05, 0) is 18.6 Å². The number of benzene rings is 2. The van der Waals surface area contributed by atoms with Crippen LogP contribution in [0.25, 0.3) is 6.08 Å². The first-order valence-electron chi connectivity index (χ1n) is 6.86. The zero-order chi connectivity index (χ0) is 15.0. The summed E-state index contributed by atoms with van der Waals surface area (Å²) in [7, 11) is 0. The van der Waals surface area contributed by atoms with Crippen molar-refractivity contribution in [2.45, 2.75) is 13.0 Å². The second-order valence-electron chi connectivity index (χ2n) is 5.26. The molecule has 0 amide bonds. The monoisotopic (exact) mass is 300 g/mol. The molecule has 1 aliphatic heterocycles. The van der Waals surface area contributed by atoms with Gasteiger partial charge in [-0.25, -0.2) is 0 Å². The minimum absolute atomic E-state index is 0.173. The first-order valence-corrected chi connectivity index (χ1v) is 7.23. The molecule has 0 fully saturated rings. The van der Waals surface area contributed by atoms with E-state index in [1.807, 2.05) is 43.3 Å². The number of nitrogens with one attached hydrogen (secondary N) is 1. The smallest absolute Gasteiger partial charge is 0.144 e. The Kier molecular flexibility index (Phi) is 3.62. The van der Waals surface area contributed by atoms with E-state index in [-0.39, 0.29) is 5.75 Å². The van der Waals surface area contributed by atoms with E-state index in [1.54, 1.807) is 6.07 Å². The summed E-state index contributed by atoms with van der Waals surface area (Å²) in [4.78, 5) is 0. The molecule has 0 bridgehead atoms. The number of phenolic OH excluding ortho intramolecular Hbond substituents is 1. The number of rotatable bonds is 2. The molecule has 1 unspecified atom stereocenters. The van der Waals surface area contributed by atoms with Crippen LogP contribution >= 0.6 is 11.6 Å². The summed E-state index contributed by atoms with van der Waals surface area (Å²) in [5.41, 5.74) is 10.5. The van der Waals surface area contributed by atoms with Crippen molar-refractivity contribution in [3.05, 3.63) is 63.7 Å². The number of anilines is 1. The zero-order valence-electron chi connectivity index (χ0n) is 11.7. The number of nitrogens with two attached hydrogens (primary N) is 1. The first-order chi connectivity index (χ1) is 10.1. The molecule has 0 radical (unpaired) electrons. The van der Waals surface area contributed by atoms with Crippen LogP contribution in [-0.4, -0.2) is 11.7 Å². The SMILES string of the molecule is Cc1ccc(C(N)c2cc(Cl)c3c(c2O)NCC=C3)cc1. The molecule has 3 nitrogen and oxygen atoms in total. The van der Waals surface area contributed by atoms with Crippen LogP contribution in [0, 0.1) is 6.92 Å². The lowest BCUT2D eigenvalue weighted by atomic mass is 9.95. The van der Waals surface area contributed by atoms with E-state index in [4.69, 9.17) is 17.3 Å². The first kappa shape index (κ1) is 14.0. The number of aromatic hydroxyl groups is 1. The maximum Gasteiger partial charge on any atom is 0.144 e. The van der Waals surface area contributed by atoms with Gasteiger partial charge in [-0.15, -0.1) is 0 Å². The maximum atomic E-state index is 10.5. The van der Waals surface area contributed by atoms with Crippen LogP contribution < -0.4 is 11.1 Å². The van der Waals surface area contributed by atoms with Gasteiger partial charge < -0.3 is 16.2 Å². The minimum Gasteiger partial charge on any atom is -0.505 e. The maximum absolute atomic E-state index is 10.5. The fourth-order valence-electron chi connectivity index (χ4n) is 2.54. The Hall–Kier alpha value is -1.97.